The number of carbonyl (C=O) groups is 2. The molecule has 0 aliphatic heterocycles. The number of hydrogen-bond donors (Lipinski definition) is 4. The first-order chi connectivity index (χ1) is 8.13. The highest BCUT2D eigenvalue weighted by atomic mass is 32.2. The molecule has 0 aliphatic carbocycles. The maximum absolute atomic E-state index is 11.3. The number of nitrogens with one attached hydrogen (secondary N) is 3. The van der Waals surface area contributed by atoms with E-state index >= 15 is 0 Å². The molecule has 9 heteroatoms. The molecule has 0 bridgehead atoms. The van der Waals surface area contributed by atoms with Gasteiger partial charge in [-0.25, -0.2) is 22.7 Å². The molecule has 0 saturated carbocycles. The van der Waals surface area contributed by atoms with Gasteiger partial charge in [0.15, 0.2) is 0 Å². The number of aliphatic carboxylic acids is 1. The molecule has 1 unspecified atom stereocenters. The summed E-state index contributed by atoms with van der Waals surface area (Å²) in [6, 6.07) is -1.63. The van der Waals surface area contributed by atoms with Crippen LogP contribution in [0.1, 0.15) is 13.8 Å². The van der Waals surface area contributed by atoms with Gasteiger partial charge in [0, 0.05) is 13.1 Å². The van der Waals surface area contributed by atoms with Crippen molar-refractivity contribution in [2.45, 2.75) is 19.9 Å². The fourth-order valence-electron chi connectivity index (χ4n) is 1.12. The number of amides is 2. The molecule has 106 valence electrons. The quantitative estimate of drug-likeness (QED) is 0.443. The van der Waals surface area contributed by atoms with Crippen molar-refractivity contribution in [3.05, 3.63) is 0 Å². The molecule has 0 saturated heterocycles. The third-order valence-electron chi connectivity index (χ3n) is 1.99. The van der Waals surface area contributed by atoms with E-state index in [1.807, 2.05) is 0 Å². The SMILES string of the molecule is CC(C)C(NC(=O)NCCNS(C)(=O)=O)C(=O)O. The average Bonchev–Trinajstić information content (AvgIpc) is 2.18. The van der Waals surface area contributed by atoms with Crippen LogP contribution in [0.25, 0.3) is 0 Å². The van der Waals surface area contributed by atoms with Gasteiger partial charge < -0.3 is 15.7 Å². The van der Waals surface area contributed by atoms with Crippen LogP contribution in [0.4, 0.5) is 4.79 Å². The number of carboxylic acid groups (broad SMARTS) is 1. The second-order valence-corrected chi connectivity index (χ2v) is 5.96. The highest BCUT2D eigenvalue weighted by Crippen LogP contribution is 2.00. The Morgan fingerprint density at radius 3 is 2.17 bits per heavy atom. The van der Waals surface area contributed by atoms with E-state index in [0.29, 0.717) is 0 Å². The van der Waals surface area contributed by atoms with Crippen LogP contribution >= 0.6 is 0 Å². The molecule has 0 aromatic rings. The van der Waals surface area contributed by atoms with E-state index in [2.05, 4.69) is 15.4 Å². The Balaban J connectivity index is 4.00. The van der Waals surface area contributed by atoms with E-state index in [-0.39, 0.29) is 19.0 Å². The summed E-state index contributed by atoms with van der Waals surface area (Å²) in [6.45, 7) is 3.46. The van der Waals surface area contributed by atoms with Gasteiger partial charge >= 0.3 is 12.0 Å². The van der Waals surface area contributed by atoms with Crippen LogP contribution in [-0.4, -0.2) is 50.9 Å². The van der Waals surface area contributed by atoms with Crippen LogP contribution in [0.15, 0.2) is 0 Å². The van der Waals surface area contributed by atoms with Crippen molar-refractivity contribution >= 4 is 22.0 Å². The van der Waals surface area contributed by atoms with Gasteiger partial charge in [-0.2, -0.15) is 0 Å². The number of carboxylic acids is 1. The number of carbonyl (C=O) groups excluding carboxylic acids is 1. The Hall–Kier alpha value is -1.35. The van der Waals surface area contributed by atoms with Crippen LogP contribution in [0.5, 0.6) is 0 Å². The molecular weight excluding hydrogens is 262 g/mol. The van der Waals surface area contributed by atoms with Crippen LogP contribution in [0, 0.1) is 5.92 Å². The van der Waals surface area contributed by atoms with Gasteiger partial charge in [-0.05, 0) is 5.92 Å². The lowest BCUT2D eigenvalue weighted by molar-refractivity contribution is -0.140. The molecule has 8 nitrogen and oxygen atoms in total. The fraction of sp³-hybridized carbons (Fsp3) is 0.778. The van der Waals surface area contributed by atoms with Gasteiger partial charge in [0.25, 0.3) is 0 Å². The van der Waals surface area contributed by atoms with Crippen LogP contribution < -0.4 is 15.4 Å². The van der Waals surface area contributed by atoms with Crippen molar-refractivity contribution in [3.63, 3.8) is 0 Å². The van der Waals surface area contributed by atoms with Gasteiger partial charge in [-0.3, -0.25) is 0 Å². The molecular formula is C9H19N3O5S. The number of rotatable bonds is 7. The first kappa shape index (κ1) is 16.6. The van der Waals surface area contributed by atoms with Crippen LogP contribution in [0.3, 0.4) is 0 Å². The predicted molar refractivity (Wildman–Crippen MR) is 65.6 cm³/mol. The summed E-state index contributed by atoms with van der Waals surface area (Å²) in [6.07, 6.45) is 1.01. The third kappa shape index (κ3) is 7.85. The number of sulfonamides is 1. The van der Waals surface area contributed by atoms with Gasteiger partial charge in [0.05, 0.1) is 6.26 Å². The summed E-state index contributed by atoms with van der Waals surface area (Å²) in [5.41, 5.74) is 0. The summed E-state index contributed by atoms with van der Waals surface area (Å²) >= 11 is 0. The third-order valence-corrected chi connectivity index (χ3v) is 2.72. The highest BCUT2D eigenvalue weighted by Gasteiger charge is 2.22. The molecule has 1 atom stereocenters. The van der Waals surface area contributed by atoms with Gasteiger partial charge in [0.1, 0.15) is 6.04 Å². The Morgan fingerprint density at radius 1 is 1.22 bits per heavy atom. The Kier molecular flexibility index (Phi) is 6.63. The van der Waals surface area contributed by atoms with Crippen molar-refractivity contribution in [1.29, 1.82) is 0 Å². The maximum atomic E-state index is 11.3. The zero-order valence-corrected chi connectivity index (χ0v) is 11.4. The second-order valence-electron chi connectivity index (χ2n) is 4.13. The molecule has 2 amide bonds. The van der Waals surface area contributed by atoms with Crippen molar-refractivity contribution in [3.8, 4) is 0 Å². The summed E-state index contributed by atoms with van der Waals surface area (Å²) < 4.78 is 23.6. The average molecular weight is 281 g/mol. The summed E-state index contributed by atoms with van der Waals surface area (Å²) in [5, 5.41) is 13.5. The number of hydrogen-bond acceptors (Lipinski definition) is 4. The molecule has 18 heavy (non-hydrogen) atoms. The van der Waals surface area contributed by atoms with E-state index < -0.39 is 28.1 Å². The van der Waals surface area contributed by atoms with E-state index in [4.69, 9.17) is 5.11 Å². The van der Waals surface area contributed by atoms with Crippen molar-refractivity contribution < 1.29 is 23.1 Å². The van der Waals surface area contributed by atoms with Crippen LogP contribution in [-0.2, 0) is 14.8 Å². The lowest BCUT2D eigenvalue weighted by Gasteiger charge is -2.18. The topological polar surface area (TPSA) is 125 Å². The molecule has 0 aromatic heterocycles. The minimum absolute atomic E-state index is 0.0473. The van der Waals surface area contributed by atoms with E-state index in [1.54, 1.807) is 13.8 Å². The molecule has 0 aliphatic rings. The maximum Gasteiger partial charge on any atom is 0.326 e. The first-order valence-corrected chi connectivity index (χ1v) is 7.24. The molecule has 0 radical (unpaired) electrons. The van der Waals surface area contributed by atoms with Crippen molar-refractivity contribution in [1.82, 2.24) is 15.4 Å². The zero-order valence-electron chi connectivity index (χ0n) is 10.6. The van der Waals surface area contributed by atoms with E-state index in [9.17, 15) is 18.0 Å². The summed E-state index contributed by atoms with van der Waals surface area (Å²) in [4.78, 5) is 22.1. The minimum atomic E-state index is -3.29. The highest BCUT2D eigenvalue weighted by molar-refractivity contribution is 7.88. The Morgan fingerprint density at radius 2 is 1.78 bits per heavy atom. The smallest absolute Gasteiger partial charge is 0.326 e. The molecule has 0 spiro atoms. The molecule has 0 fully saturated rings. The standard InChI is InChI=1S/C9H19N3O5S/c1-6(2)7(8(13)14)12-9(15)10-4-5-11-18(3,16)17/h6-7,11H,4-5H2,1-3H3,(H,13,14)(H2,10,12,15). The first-order valence-electron chi connectivity index (χ1n) is 5.35. The van der Waals surface area contributed by atoms with Crippen molar-refractivity contribution in [2.24, 2.45) is 5.92 Å². The summed E-state index contributed by atoms with van der Waals surface area (Å²) in [5.74, 6) is -1.36. The summed E-state index contributed by atoms with van der Waals surface area (Å²) in [7, 11) is -3.29. The molecule has 0 heterocycles. The monoisotopic (exact) mass is 281 g/mol. The van der Waals surface area contributed by atoms with E-state index in [0.717, 1.165) is 6.26 Å². The van der Waals surface area contributed by atoms with Gasteiger partial charge in [-0.1, -0.05) is 13.8 Å². The number of urea groups is 1. The van der Waals surface area contributed by atoms with Crippen molar-refractivity contribution in [2.75, 3.05) is 19.3 Å². The Bertz CT molecular complexity index is 393. The molecule has 0 rings (SSSR count). The lowest BCUT2D eigenvalue weighted by atomic mass is 10.1. The largest absolute Gasteiger partial charge is 0.480 e. The fourth-order valence-corrected chi connectivity index (χ4v) is 1.59. The second kappa shape index (κ2) is 7.17. The van der Waals surface area contributed by atoms with Gasteiger partial charge in [0.2, 0.25) is 10.0 Å². The molecule has 0 aromatic carbocycles. The van der Waals surface area contributed by atoms with Crippen LogP contribution in [0.2, 0.25) is 0 Å². The van der Waals surface area contributed by atoms with E-state index in [1.165, 1.54) is 0 Å². The van der Waals surface area contributed by atoms with Gasteiger partial charge in [-0.15, -0.1) is 0 Å². The minimum Gasteiger partial charge on any atom is -0.480 e. The molecule has 4 N–H and O–H groups in total. The zero-order chi connectivity index (χ0) is 14.3. The predicted octanol–water partition coefficient (Wildman–Crippen LogP) is -1.06. The normalized spacial score (nSPS) is 13.1. The Labute approximate surface area is 106 Å². The lowest BCUT2D eigenvalue weighted by Crippen LogP contribution is -2.49.